The summed E-state index contributed by atoms with van der Waals surface area (Å²) in [5.41, 5.74) is 1.50. The third-order valence-electron chi connectivity index (χ3n) is 3.73. The van der Waals surface area contributed by atoms with E-state index < -0.39 is 0 Å². The minimum Gasteiger partial charge on any atom is -0.376 e. The lowest BCUT2D eigenvalue weighted by Crippen LogP contribution is -2.34. The minimum atomic E-state index is -0.0830. The Morgan fingerprint density at radius 2 is 2.24 bits per heavy atom. The van der Waals surface area contributed by atoms with Crippen LogP contribution in [0.1, 0.15) is 23.2 Å². The molecule has 1 amide bonds. The zero-order valence-corrected chi connectivity index (χ0v) is 11.9. The molecule has 1 fully saturated rings. The number of H-pyrrole nitrogens is 1. The molecule has 1 aliphatic rings. The number of nitrogens with one attached hydrogen (secondary N) is 3. The van der Waals surface area contributed by atoms with Crippen LogP contribution in [0.25, 0.3) is 10.9 Å². The lowest BCUT2D eigenvalue weighted by atomic mass is 10.1. The first-order chi connectivity index (χ1) is 10.3. The Hall–Kier alpha value is -1.92. The van der Waals surface area contributed by atoms with Crippen LogP contribution >= 0.6 is 0 Å². The minimum absolute atomic E-state index is 0.0830. The predicted molar refractivity (Wildman–Crippen MR) is 80.3 cm³/mol. The lowest BCUT2D eigenvalue weighted by Gasteiger charge is -2.22. The van der Waals surface area contributed by atoms with E-state index in [2.05, 4.69) is 20.8 Å². The summed E-state index contributed by atoms with van der Waals surface area (Å²) in [5.74, 6) is -0.0830. The second-order valence-corrected chi connectivity index (χ2v) is 5.25. The van der Waals surface area contributed by atoms with Crippen molar-refractivity contribution < 1.29 is 9.53 Å². The zero-order chi connectivity index (χ0) is 14.5. The quantitative estimate of drug-likeness (QED) is 0.719. The number of aromatic nitrogens is 2. The maximum Gasteiger partial charge on any atom is 0.251 e. The summed E-state index contributed by atoms with van der Waals surface area (Å²) >= 11 is 0. The van der Waals surface area contributed by atoms with E-state index >= 15 is 0 Å². The van der Waals surface area contributed by atoms with Crippen molar-refractivity contribution in [2.75, 3.05) is 26.2 Å². The Kier molecular flexibility index (Phi) is 4.47. The SMILES string of the molecule is O=C(NCCOC1CCNCC1)c1ccc2cn[nH]c2c1. The summed E-state index contributed by atoms with van der Waals surface area (Å²) in [6, 6.07) is 5.51. The largest absolute Gasteiger partial charge is 0.376 e. The highest BCUT2D eigenvalue weighted by Gasteiger charge is 2.13. The third kappa shape index (κ3) is 3.59. The van der Waals surface area contributed by atoms with Gasteiger partial charge in [-0.3, -0.25) is 9.89 Å². The van der Waals surface area contributed by atoms with E-state index in [0.717, 1.165) is 36.8 Å². The molecule has 21 heavy (non-hydrogen) atoms. The average molecular weight is 288 g/mol. The molecule has 1 saturated heterocycles. The number of carbonyl (C=O) groups excluding carboxylic acids is 1. The number of hydrogen-bond acceptors (Lipinski definition) is 4. The van der Waals surface area contributed by atoms with E-state index in [1.807, 2.05) is 12.1 Å². The van der Waals surface area contributed by atoms with E-state index in [9.17, 15) is 4.79 Å². The third-order valence-corrected chi connectivity index (χ3v) is 3.73. The maximum atomic E-state index is 12.1. The van der Waals surface area contributed by atoms with Crippen LogP contribution in [0.3, 0.4) is 0 Å². The topological polar surface area (TPSA) is 79.0 Å². The second kappa shape index (κ2) is 6.69. The molecule has 6 heteroatoms. The Balaban J connectivity index is 1.45. The summed E-state index contributed by atoms with van der Waals surface area (Å²) in [6.45, 7) is 3.12. The number of fused-ring (bicyclic) bond motifs is 1. The smallest absolute Gasteiger partial charge is 0.251 e. The van der Waals surface area contributed by atoms with Crippen molar-refractivity contribution in [2.24, 2.45) is 0 Å². The van der Waals surface area contributed by atoms with Gasteiger partial charge in [0.05, 0.1) is 24.4 Å². The number of piperidine rings is 1. The fraction of sp³-hybridized carbons (Fsp3) is 0.467. The van der Waals surface area contributed by atoms with Gasteiger partial charge in [0.25, 0.3) is 5.91 Å². The number of ether oxygens (including phenoxy) is 1. The highest BCUT2D eigenvalue weighted by molar-refractivity contribution is 5.97. The molecule has 2 heterocycles. The Morgan fingerprint density at radius 1 is 1.38 bits per heavy atom. The molecule has 0 bridgehead atoms. The second-order valence-electron chi connectivity index (χ2n) is 5.25. The van der Waals surface area contributed by atoms with Crippen molar-refractivity contribution in [1.29, 1.82) is 0 Å². The van der Waals surface area contributed by atoms with Gasteiger partial charge in [0.2, 0.25) is 0 Å². The summed E-state index contributed by atoms with van der Waals surface area (Å²) in [4.78, 5) is 12.1. The molecule has 2 aromatic rings. The van der Waals surface area contributed by atoms with Crippen LogP contribution in [0, 0.1) is 0 Å². The Labute approximate surface area is 123 Å². The average Bonchev–Trinajstić information content (AvgIpc) is 3.00. The highest BCUT2D eigenvalue weighted by Crippen LogP contribution is 2.12. The summed E-state index contributed by atoms with van der Waals surface area (Å²) < 4.78 is 5.76. The molecular formula is C15H20N4O2. The fourth-order valence-corrected chi connectivity index (χ4v) is 2.53. The van der Waals surface area contributed by atoms with Crippen molar-refractivity contribution in [2.45, 2.75) is 18.9 Å². The standard InChI is InChI=1S/C15H20N4O2/c20-15(11-1-2-12-10-18-19-14(12)9-11)17-7-8-21-13-3-5-16-6-4-13/h1-2,9-10,13,16H,3-8H2,(H,17,20)(H,18,19). The lowest BCUT2D eigenvalue weighted by molar-refractivity contribution is 0.0343. The Morgan fingerprint density at radius 3 is 3.10 bits per heavy atom. The van der Waals surface area contributed by atoms with Crippen molar-refractivity contribution in [1.82, 2.24) is 20.8 Å². The van der Waals surface area contributed by atoms with Gasteiger partial charge in [-0.2, -0.15) is 5.10 Å². The summed E-state index contributed by atoms with van der Waals surface area (Å²) in [5, 5.41) is 14.0. The van der Waals surface area contributed by atoms with Crippen LogP contribution in [-0.4, -0.2) is 48.4 Å². The van der Waals surface area contributed by atoms with Crippen LogP contribution in [-0.2, 0) is 4.74 Å². The van der Waals surface area contributed by atoms with E-state index in [0.29, 0.717) is 24.8 Å². The highest BCUT2D eigenvalue weighted by atomic mass is 16.5. The maximum absolute atomic E-state index is 12.1. The molecule has 1 aliphatic heterocycles. The van der Waals surface area contributed by atoms with Crippen LogP contribution in [0.2, 0.25) is 0 Å². The number of hydrogen-bond donors (Lipinski definition) is 3. The van der Waals surface area contributed by atoms with Crippen LogP contribution in [0.15, 0.2) is 24.4 Å². The van der Waals surface area contributed by atoms with Crippen LogP contribution in [0.4, 0.5) is 0 Å². The molecule has 1 aromatic heterocycles. The molecule has 0 radical (unpaired) electrons. The number of aromatic amines is 1. The molecule has 112 valence electrons. The number of amides is 1. The first-order valence-corrected chi connectivity index (χ1v) is 7.36. The zero-order valence-electron chi connectivity index (χ0n) is 11.9. The Bertz CT molecular complexity index is 604. The number of benzene rings is 1. The van der Waals surface area contributed by atoms with Gasteiger partial charge < -0.3 is 15.4 Å². The molecule has 0 aliphatic carbocycles. The molecule has 6 nitrogen and oxygen atoms in total. The molecular weight excluding hydrogens is 268 g/mol. The fourth-order valence-electron chi connectivity index (χ4n) is 2.53. The van der Waals surface area contributed by atoms with Gasteiger partial charge >= 0.3 is 0 Å². The van der Waals surface area contributed by atoms with Crippen molar-refractivity contribution >= 4 is 16.8 Å². The number of nitrogens with zero attached hydrogens (tertiary/aromatic N) is 1. The van der Waals surface area contributed by atoms with Gasteiger partial charge in [-0.25, -0.2) is 0 Å². The summed E-state index contributed by atoms with van der Waals surface area (Å²) in [7, 11) is 0. The van der Waals surface area contributed by atoms with Crippen molar-refractivity contribution in [3.63, 3.8) is 0 Å². The molecule has 0 atom stereocenters. The van der Waals surface area contributed by atoms with E-state index in [1.165, 1.54) is 0 Å². The molecule has 3 N–H and O–H groups in total. The molecule has 1 aromatic carbocycles. The summed E-state index contributed by atoms with van der Waals surface area (Å²) in [6.07, 6.45) is 4.16. The van der Waals surface area contributed by atoms with Gasteiger partial charge in [0.15, 0.2) is 0 Å². The van der Waals surface area contributed by atoms with Crippen molar-refractivity contribution in [3.8, 4) is 0 Å². The van der Waals surface area contributed by atoms with E-state index in [-0.39, 0.29) is 5.91 Å². The monoisotopic (exact) mass is 288 g/mol. The number of carbonyl (C=O) groups is 1. The number of rotatable bonds is 5. The van der Waals surface area contributed by atoms with Gasteiger partial charge in [-0.1, -0.05) is 6.07 Å². The molecule has 0 spiro atoms. The van der Waals surface area contributed by atoms with Gasteiger partial charge in [0.1, 0.15) is 0 Å². The first-order valence-electron chi connectivity index (χ1n) is 7.36. The van der Waals surface area contributed by atoms with Gasteiger partial charge in [-0.05, 0) is 38.1 Å². The predicted octanol–water partition coefficient (Wildman–Crippen LogP) is 1.06. The van der Waals surface area contributed by atoms with Crippen molar-refractivity contribution in [3.05, 3.63) is 30.0 Å². The molecule has 0 unspecified atom stereocenters. The van der Waals surface area contributed by atoms with E-state index in [1.54, 1.807) is 12.3 Å². The van der Waals surface area contributed by atoms with Crippen LogP contribution in [0.5, 0.6) is 0 Å². The van der Waals surface area contributed by atoms with Crippen LogP contribution < -0.4 is 10.6 Å². The normalized spacial score (nSPS) is 16.2. The first kappa shape index (κ1) is 14.0. The van der Waals surface area contributed by atoms with E-state index in [4.69, 9.17) is 4.74 Å². The van der Waals surface area contributed by atoms with Gasteiger partial charge in [-0.15, -0.1) is 0 Å². The van der Waals surface area contributed by atoms with Gasteiger partial charge in [0, 0.05) is 17.5 Å². The molecule has 0 saturated carbocycles. The molecule has 3 rings (SSSR count).